The van der Waals surface area contributed by atoms with Crippen LogP contribution in [0.2, 0.25) is 0 Å². The molecule has 0 saturated heterocycles. The number of hydrogen-bond donors (Lipinski definition) is 0. The molecule has 0 heterocycles. The van der Waals surface area contributed by atoms with E-state index in [1.165, 1.54) is 269 Å². The molecule has 110 heavy (non-hydrogen) atoms. The van der Waals surface area contributed by atoms with Crippen molar-refractivity contribution in [2.75, 3.05) is 13.7 Å². The van der Waals surface area contributed by atoms with E-state index in [4.69, 9.17) is 9.47 Å². The van der Waals surface area contributed by atoms with E-state index in [1.807, 2.05) is 0 Å². The number of benzene rings is 12. The molecule has 14 rings (SSSR count). The summed E-state index contributed by atoms with van der Waals surface area (Å²) in [5, 5.41) is 5.00. The molecule has 0 aromatic heterocycles. The van der Waals surface area contributed by atoms with Crippen molar-refractivity contribution in [1.29, 1.82) is 0 Å². The molecule has 0 amide bonds. The molecular formula is C108H118O2. The Kier molecular flexibility index (Phi) is 25.2. The van der Waals surface area contributed by atoms with E-state index in [0.717, 1.165) is 40.2 Å². The van der Waals surface area contributed by atoms with Crippen LogP contribution in [-0.4, -0.2) is 13.7 Å². The highest BCUT2D eigenvalue weighted by atomic mass is 16.5. The van der Waals surface area contributed by atoms with E-state index in [1.54, 1.807) is 12.7 Å². The average Bonchev–Trinajstić information content (AvgIpc) is 1.06. The summed E-state index contributed by atoms with van der Waals surface area (Å²) < 4.78 is 12.7. The molecule has 0 radical (unpaired) electrons. The van der Waals surface area contributed by atoms with Gasteiger partial charge in [-0.25, -0.2) is 0 Å². The van der Waals surface area contributed by atoms with Crippen LogP contribution < -0.4 is 9.47 Å². The molecule has 1 unspecified atom stereocenters. The summed E-state index contributed by atoms with van der Waals surface area (Å²) in [4.78, 5) is 0. The Morgan fingerprint density at radius 2 is 0.709 bits per heavy atom. The highest BCUT2D eigenvalue weighted by Gasteiger charge is 2.44. The maximum atomic E-state index is 6.72. The minimum absolute atomic E-state index is 0.00964. The van der Waals surface area contributed by atoms with Crippen LogP contribution in [0.4, 0.5) is 0 Å². The van der Waals surface area contributed by atoms with Crippen molar-refractivity contribution in [2.24, 2.45) is 5.92 Å². The number of fused-ring (bicyclic) bond motifs is 8. The van der Waals surface area contributed by atoms with E-state index in [2.05, 4.69) is 310 Å². The van der Waals surface area contributed by atoms with Crippen LogP contribution in [0.5, 0.6) is 11.5 Å². The normalized spacial score (nSPS) is 13.7. The first-order chi connectivity index (χ1) is 54.0. The molecule has 0 fully saturated rings. The summed E-state index contributed by atoms with van der Waals surface area (Å²) in [6.07, 6.45) is 33.3. The van der Waals surface area contributed by atoms with Crippen LogP contribution in [0.1, 0.15) is 256 Å². The standard InChI is InChI=1S/C108H118O2/c1-10-15-20-32-65-107(66-33-21-16-11-2)99-43-30-28-37-88(99)90-63-61-86(72-101(90)107)96(70-79-47-45-76(6)46-48-79)81-53-57-84(58-54-81)105-92-39-24-26-41-94(92)106(95-42-27-25-40-93(95)105)85-59-55-82(56-60-85)97(71-80-49-51-83(52-50-80)98-74-103(109-9)78(8)69-104(98)110-75-77(7)36-19-14-5)87-62-64-91-89-38-29-31-44-100(89)108(102(91)73-87,67-34-22-17-12-3)68-35-23-18-13-4/h24-31,37-64,69-74,77H,10-23,32-36,65-68,75H2,1-9H3/b96-70-,97-71-. The lowest BCUT2D eigenvalue weighted by Crippen LogP contribution is -2.25. The van der Waals surface area contributed by atoms with Gasteiger partial charge in [-0.3, -0.25) is 0 Å². The van der Waals surface area contributed by atoms with Gasteiger partial charge >= 0.3 is 0 Å². The highest BCUT2D eigenvalue weighted by molar-refractivity contribution is 6.21. The molecule has 0 spiro atoms. The molecule has 2 nitrogen and oxygen atoms in total. The van der Waals surface area contributed by atoms with Crippen LogP contribution in [0.25, 0.3) is 100 Å². The molecule has 1 atom stereocenters. The van der Waals surface area contributed by atoms with Crippen molar-refractivity contribution < 1.29 is 9.47 Å². The summed E-state index contributed by atoms with van der Waals surface area (Å²) >= 11 is 0. The fourth-order valence-corrected chi connectivity index (χ4v) is 18.9. The Morgan fingerprint density at radius 3 is 1.12 bits per heavy atom. The third-order valence-corrected chi connectivity index (χ3v) is 24.9. The van der Waals surface area contributed by atoms with Crippen molar-refractivity contribution in [2.45, 2.75) is 214 Å². The summed E-state index contributed by atoms with van der Waals surface area (Å²) in [7, 11) is 1.77. The minimum Gasteiger partial charge on any atom is -0.496 e. The number of hydrogen-bond acceptors (Lipinski definition) is 2. The molecule has 0 bridgehead atoms. The zero-order chi connectivity index (χ0) is 76.0. The number of rotatable bonds is 36. The molecule has 2 aliphatic carbocycles. The van der Waals surface area contributed by atoms with Crippen molar-refractivity contribution in [3.63, 3.8) is 0 Å². The number of ether oxygens (including phenoxy) is 2. The van der Waals surface area contributed by atoms with Gasteiger partial charge in [-0.2, -0.15) is 0 Å². The maximum Gasteiger partial charge on any atom is 0.127 e. The molecule has 2 heteroatoms. The Bertz CT molecular complexity index is 5090. The van der Waals surface area contributed by atoms with E-state index >= 15 is 0 Å². The molecular weight excluding hydrogens is 1330 g/mol. The monoisotopic (exact) mass is 1450 g/mol. The minimum atomic E-state index is -0.0499. The molecule has 12 aromatic rings. The van der Waals surface area contributed by atoms with Gasteiger partial charge in [0.05, 0.1) is 13.7 Å². The van der Waals surface area contributed by atoms with Gasteiger partial charge in [-0.1, -0.05) is 381 Å². The molecule has 0 N–H and O–H groups in total. The van der Waals surface area contributed by atoms with Crippen LogP contribution in [0, 0.1) is 19.8 Å². The Balaban J connectivity index is 0.860. The number of aryl methyl sites for hydroxylation is 2. The van der Waals surface area contributed by atoms with E-state index in [9.17, 15) is 0 Å². The Hall–Kier alpha value is -9.76. The highest BCUT2D eigenvalue weighted by Crippen LogP contribution is 2.57. The summed E-state index contributed by atoms with van der Waals surface area (Å²) in [5.74, 6) is 2.24. The van der Waals surface area contributed by atoms with E-state index in [-0.39, 0.29) is 10.8 Å². The first-order valence-corrected chi connectivity index (χ1v) is 42.6. The quantitative estimate of drug-likeness (QED) is 0.0221. The molecule has 2 aliphatic rings. The summed E-state index contributed by atoms with van der Waals surface area (Å²) in [6, 6.07) is 94.0. The maximum absolute atomic E-state index is 6.72. The van der Waals surface area contributed by atoms with Gasteiger partial charge in [-0.05, 0) is 232 Å². The first kappa shape index (κ1) is 77.0. The van der Waals surface area contributed by atoms with Gasteiger partial charge in [0.25, 0.3) is 0 Å². The lowest BCUT2D eigenvalue weighted by atomic mass is 9.70. The topological polar surface area (TPSA) is 18.5 Å². The van der Waals surface area contributed by atoms with E-state index < -0.39 is 0 Å². The third-order valence-electron chi connectivity index (χ3n) is 24.9. The van der Waals surface area contributed by atoms with Crippen LogP contribution in [0.15, 0.2) is 243 Å². The predicted molar refractivity (Wildman–Crippen MR) is 475 cm³/mol. The van der Waals surface area contributed by atoms with Crippen molar-refractivity contribution in [3.05, 3.63) is 309 Å². The van der Waals surface area contributed by atoms with Crippen molar-refractivity contribution in [1.82, 2.24) is 0 Å². The summed E-state index contributed by atoms with van der Waals surface area (Å²) in [5.41, 5.74) is 30.9. The molecule has 562 valence electrons. The van der Waals surface area contributed by atoms with Gasteiger partial charge in [0, 0.05) is 16.4 Å². The van der Waals surface area contributed by atoms with Gasteiger partial charge in [-0.15, -0.1) is 0 Å². The zero-order valence-corrected chi connectivity index (χ0v) is 67.6. The van der Waals surface area contributed by atoms with Gasteiger partial charge < -0.3 is 9.47 Å². The lowest BCUT2D eigenvalue weighted by Gasteiger charge is -2.33. The fourth-order valence-electron chi connectivity index (χ4n) is 18.9. The van der Waals surface area contributed by atoms with Crippen LogP contribution in [0.3, 0.4) is 0 Å². The second-order valence-corrected chi connectivity index (χ2v) is 32.5. The lowest BCUT2D eigenvalue weighted by molar-refractivity contribution is 0.250. The smallest absolute Gasteiger partial charge is 0.127 e. The second kappa shape index (κ2) is 35.9. The van der Waals surface area contributed by atoms with Crippen molar-refractivity contribution in [3.8, 4) is 67.1 Å². The number of methoxy groups -OCH3 is 1. The van der Waals surface area contributed by atoms with E-state index in [0.29, 0.717) is 12.5 Å². The average molecular weight is 1450 g/mol. The third kappa shape index (κ3) is 16.2. The summed E-state index contributed by atoms with van der Waals surface area (Å²) in [6.45, 7) is 18.9. The number of unbranched alkanes of at least 4 members (excludes halogenated alkanes) is 13. The Morgan fingerprint density at radius 1 is 0.336 bits per heavy atom. The second-order valence-electron chi connectivity index (χ2n) is 32.5. The first-order valence-electron chi connectivity index (χ1n) is 42.6. The predicted octanol–water partition coefficient (Wildman–Crippen LogP) is 31.4. The van der Waals surface area contributed by atoms with Gasteiger partial charge in [0.2, 0.25) is 0 Å². The van der Waals surface area contributed by atoms with Gasteiger partial charge in [0.1, 0.15) is 11.5 Å². The zero-order valence-electron chi connectivity index (χ0n) is 67.6. The van der Waals surface area contributed by atoms with Gasteiger partial charge in [0.15, 0.2) is 0 Å². The largest absolute Gasteiger partial charge is 0.496 e. The van der Waals surface area contributed by atoms with Crippen LogP contribution >= 0.6 is 0 Å². The molecule has 0 saturated carbocycles. The van der Waals surface area contributed by atoms with Crippen molar-refractivity contribution >= 4 is 44.8 Å². The SMILES string of the molecule is CCCCCCC1(CCCCCC)c2ccccc2-c2ccc(/C(=C\c3ccc(C)cc3)c3ccc(-c4c5ccccc5c(-c5ccc(/C(=C/c6ccc(-c7cc(OC)c(C)cc7OCC(C)CCCC)cc6)c6ccc7c(c6)C(CCCCCC)(CCCCCC)c6ccccc6-7)cc5)c5ccccc45)cc3)cc21. The molecule has 0 aliphatic heterocycles. The van der Waals surface area contributed by atoms with Crippen LogP contribution in [-0.2, 0) is 10.8 Å². The molecule has 12 aromatic carbocycles. The Labute approximate surface area is 660 Å². The fraction of sp³-hybridized carbons (Fsp3) is 0.333.